The highest BCUT2D eigenvalue weighted by Gasteiger charge is 2.27. The highest BCUT2D eigenvalue weighted by Crippen LogP contribution is 2.38. The Morgan fingerprint density at radius 3 is 2.52 bits per heavy atom. The lowest BCUT2D eigenvalue weighted by molar-refractivity contribution is 0.171. The van der Waals surface area contributed by atoms with E-state index in [0.717, 1.165) is 22.5 Å². The quantitative estimate of drug-likeness (QED) is 0.775. The summed E-state index contributed by atoms with van der Waals surface area (Å²) in [4.78, 5) is 1.37. The Labute approximate surface area is 150 Å². The van der Waals surface area contributed by atoms with Crippen LogP contribution in [-0.4, -0.2) is 13.2 Å². The first-order valence-electron chi connectivity index (χ1n) is 7.80. The summed E-state index contributed by atoms with van der Waals surface area (Å²) in [5, 5.41) is 5.84. The number of thiophene rings is 1. The standard InChI is InChI=1S/C18H22BrNO2S/c1-18(2,3)17(16-5-4-8-23-16)20-11-12-9-14-15(10-13(12)19)22-7-6-21-14/h4-5,8-10,17,20H,6-7,11H2,1-3H3. The van der Waals surface area contributed by atoms with Gasteiger partial charge in [0.15, 0.2) is 11.5 Å². The molecular formula is C18H22BrNO2S. The molecule has 2 heterocycles. The second-order valence-corrected chi connectivity index (χ2v) is 8.62. The summed E-state index contributed by atoms with van der Waals surface area (Å²) in [5.41, 5.74) is 1.32. The Bertz CT molecular complexity index is 664. The largest absolute Gasteiger partial charge is 0.486 e. The van der Waals surface area contributed by atoms with Crippen molar-refractivity contribution in [1.82, 2.24) is 5.32 Å². The Balaban J connectivity index is 1.79. The fourth-order valence-corrected chi connectivity index (χ4v) is 4.25. The van der Waals surface area contributed by atoms with Crippen LogP contribution in [0.3, 0.4) is 0 Å². The van der Waals surface area contributed by atoms with Gasteiger partial charge in [-0.3, -0.25) is 0 Å². The van der Waals surface area contributed by atoms with Crippen LogP contribution < -0.4 is 14.8 Å². The predicted octanol–water partition coefficient (Wildman–Crippen LogP) is 5.16. The fraction of sp³-hybridized carbons (Fsp3) is 0.444. The van der Waals surface area contributed by atoms with Gasteiger partial charge in [0.2, 0.25) is 0 Å². The molecule has 0 saturated carbocycles. The minimum Gasteiger partial charge on any atom is -0.486 e. The van der Waals surface area contributed by atoms with Crippen LogP contribution in [0.25, 0.3) is 0 Å². The van der Waals surface area contributed by atoms with Gasteiger partial charge in [-0.2, -0.15) is 0 Å². The van der Waals surface area contributed by atoms with Gasteiger partial charge >= 0.3 is 0 Å². The van der Waals surface area contributed by atoms with Crippen LogP contribution in [0.5, 0.6) is 11.5 Å². The van der Waals surface area contributed by atoms with E-state index in [1.54, 1.807) is 11.3 Å². The van der Waals surface area contributed by atoms with Crippen molar-refractivity contribution < 1.29 is 9.47 Å². The van der Waals surface area contributed by atoms with E-state index >= 15 is 0 Å². The minimum absolute atomic E-state index is 0.144. The van der Waals surface area contributed by atoms with Crippen LogP contribution in [0.4, 0.5) is 0 Å². The van der Waals surface area contributed by atoms with Crippen molar-refractivity contribution in [2.45, 2.75) is 33.4 Å². The zero-order valence-electron chi connectivity index (χ0n) is 13.7. The molecule has 23 heavy (non-hydrogen) atoms. The van der Waals surface area contributed by atoms with Gasteiger partial charge in [-0.05, 0) is 34.6 Å². The van der Waals surface area contributed by atoms with Crippen molar-refractivity contribution in [1.29, 1.82) is 0 Å². The number of ether oxygens (including phenoxy) is 2. The van der Waals surface area contributed by atoms with Crippen LogP contribution in [0.2, 0.25) is 0 Å². The van der Waals surface area contributed by atoms with E-state index in [0.29, 0.717) is 19.3 Å². The van der Waals surface area contributed by atoms with Gasteiger partial charge in [-0.25, -0.2) is 0 Å². The maximum atomic E-state index is 5.69. The molecule has 3 rings (SSSR count). The normalized spacial score (nSPS) is 15.5. The highest BCUT2D eigenvalue weighted by molar-refractivity contribution is 9.10. The monoisotopic (exact) mass is 395 g/mol. The van der Waals surface area contributed by atoms with E-state index in [4.69, 9.17) is 9.47 Å². The molecule has 0 bridgehead atoms. The topological polar surface area (TPSA) is 30.5 Å². The lowest BCUT2D eigenvalue weighted by Gasteiger charge is -2.31. The summed E-state index contributed by atoms with van der Waals surface area (Å²) in [6.07, 6.45) is 0. The zero-order valence-corrected chi connectivity index (χ0v) is 16.1. The first-order valence-corrected chi connectivity index (χ1v) is 9.47. The molecule has 1 aliphatic heterocycles. The Morgan fingerprint density at radius 1 is 1.22 bits per heavy atom. The summed E-state index contributed by atoms with van der Waals surface area (Å²) >= 11 is 5.45. The van der Waals surface area contributed by atoms with E-state index < -0.39 is 0 Å². The summed E-state index contributed by atoms with van der Waals surface area (Å²) in [5.74, 6) is 1.65. The van der Waals surface area contributed by atoms with Gasteiger partial charge < -0.3 is 14.8 Å². The number of rotatable bonds is 4. The smallest absolute Gasteiger partial charge is 0.162 e. The molecule has 1 unspecified atom stereocenters. The molecule has 3 nitrogen and oxygen atoms in total. The number of hydrogen-bond acceptors (Lipinski definition) is 4. The molecule has 0 fully saturated rings. The molecule has 2 aromatic rings. The van der Waals surface area contributed by atoms with E-state index in [2.05, 4.69) is 65.6 Å². The van der Waals surface area contributed by atoms with Crippen molar-refractivity contribution >= 4 is 27.3 Å². The van der Waals surface area contributed by atoms with Crippen LogP contribution in [0.15, 0.2) is 34.1 Å². The van der Waals surface area contributed by atoms with Crippen LogP contribution in [0.1, 0.15) is 37.3 Å². The second-order valence-electron chi connectivity index (χ2n) is 6.78. The number of fused-ring (bicyclic) bond motifs is 1. The maximum absolute atomic E-state index is 5.69. The van der Waals surface area contributed by atoms with Gasteiger partial charge in [0, 0.05) is 21.9 Å². The van der Waals surface area contributed by atoms with Crippen molar-refractivity contribution in [2.24, 2.45) is 5.41 Å². The van der Waals surface area contributed by atoms with Gasteiger partial charge in [0.05, 0.1) is 0 Å². The minimum atomic E-state index is 0.144. The first kappa shape index (κ1) is 16.8. The Hall–Kier alpha value is -1.04. The number of hydrogen-bond donors (Lipinski definition) is 1. The third-order valence-electron chi connectivity index (χ3n) is 3.90. The highest BCUT2D eigenvalue weighted by atomic mass is 79.9. The second kappa shape index (κ2) is 6.83. The molecule has 124 valence electrons. The molecule has 1 atom stereocenters. The molecular weight excluding hydrogens is 374 g/mol. The molecule has 0 saturated heterocycles. The summed E-state index contributed by atoms with van der Waals surface area (Å²) in [7, 11) is 0. The molecule has 0 spiro atoms. The van der Waals surface area contributed by atoms with Crippen LogP contribution in [0, 0.1) is 5.41 Å². The maximum Gasteiger partial charge on any atom is 0.162 e. The Morgan fingerprint density at radius 2 is 1.91 bits per heavy atom. The average Bonchev–Trinajstić information content (AvgIpc) is 3.00. The summed E-state index contributed by atoms with van der Waals surface area (Å²) in [6, 6.07) is 8.69. The molecule has 0 radical (unpaired) electrons. The molecule has 1 aromatic carbocycles. The van der Waals surface area contributed by atoms with Gasteiger partial charge in [-0.1, -0.05) is 42.8 Å². The summed E-state index contributed by atoms with van der Waals surface area (Å²) in [6.45, 7) is 8.80. The van der Waals surface area contributed by atoms with Crippen LogP contribution >= 0.6 is 27.3 Å². The van der Waals surface area contributed by atoms with Gasteiger partial charge in [0.25, 0.3) is 0 Å². The fourth-order valence-electron chi connectivity index (χ4n) is 2.74. The van der Waals surface area contributed by atoms with Gasteiger partial charge in [0.1, 0.15) is 13.2 Å². The molecule has 0 aliphatic carbocycles. The molecule has 1 aliphatic rings. The molecule has 1 N–H and O–H groups in total. The van der Waals surface area contributed by atoms with Crippen molar-refractivity contribution in [3.63, 3.8) is 0 Å². The van der Waals surface area contributed by atoms with Crippen LogP contribution in [-0.2, 0) is 6.54 Å². The third kappa shape index (κ3) is 3.90. The van der Waals surface area contributed by atoms with Crippen molar-refractivity contribution in [3.05, 3.63) is 44.6 Å². The molecule has 1 aromatic heterocycles. The van der Waals surface area contributed by atoms with E-state index in [1.807, 2.05) is 6.07 Å². The third-order valence-corrected chi connectivity index (χ3v) is 5.58. The van der Waals surface area contributed by atoms with Gasteiger partial charge in [-0.15, -0.1) is 11.3 Å². The predicted molar refractivity (Wildman–Crippen MR) is 98.5 cm³/mol. The Kier molecular flexibility index (Phi) is 4.99. The number of nitrogens with one attached hydrogen (secondary N) is 1. The lowest BCUT2D eigenvalue weighted by Crippen LogP contribution is -2.31. The van der Waals surface area contributed by atoms with Crippen molar-refractivity contribution in [2.75, 3.05) is 13.2 Å². The SMILES string of the molecule is CC(C)(C)C(NCc1cc2c(cc1Br)OCCO2)c1cccs1. The number of benzene rings is 1. The number of halogens is 1. The van der Waals surface area contributed by atoms with E-state index in [9.17, 15) is 0 Å². The average molecular weight is 396 g/mol. The lowest BCUT2D eigenvalue weighted by atomic mass is 9.85. The van der Waals surface area contributed by atoms with E-state index in [1.165, 1.54) is 10.4 Å². The molecule has 5 heteroatoms. The van der Waals surface area contributed by atoms with Crippen molar-refractivity contribution in [3.8, 4) is 11.5 Å². The first-order chi connectivity index (χ1) is 10.9. The molecule has 0 amide bonds. The summed E-state index contributed by atoms with van der Waals surface area (Å²) < 4.78 is 12.4. The zero-order chi connectivity index (χ0) is 16.4. The van der Waals surface area contributed by atoms with E-state index in [-0.39, 0.29) is 5.41 Å².